The van der Waals surface area contributed by atoms with Crippen molar-refractivity contribution in [2.45, 2.75) is 44.2 Å². The Labute approximate surface area is 141 Å². The molecule has 2 heterocycles. The molecule has 0 unspecified atom stereocenters. The third-order valence-electron chi connectivity index (χ3n) is 5.19. The van der Waals surface area contributed by atoms with Gasteiger partial charge < -0.3 is 9.32 Å². The van der Waals surface area contributed by atoms with Crippen LogP contribution in [0.1, 0.15) is 42.7 Å². The summed E-state index contributed by atoms with van der Waals surface area (Å²) in [5.74, 6) is 0.400. The standard InChI is InChI=1S/C18H21NO4S/c20-18(17-11-13-5-1-4-8-16(13)23-17)19(14-6-2-3-7-14)15-9-10-24(21,22)12-15/h1,4-5,8,11,14-15H,2-3,6-7,9-10,12H2/t15-/m0/s1. The molecule has 24 heavy (non-hydrogen) atoms. The lowest BCUT2D eigenvalue weighted by Gasteiger charge is -2.33. The van der Waals surface area contributed by atoms with Crippen molar-refractivity contribution in [3.8, 4) is 0 Å². The van der Waals surface area contributed by atoms with Gasteiger partial charge in [0, 0.05) is 17.5 Å². The van der Waals surface area contributed by atoms with E-state index in [0.29, 0.717) is 17.8 Å². The fourth-order valence-electron chi connectivity index (χ4n) is 4.02. The molecule has 1 amide bonds. The summed E-state index contributed by atoms with van der Waals surface area (Å²) >= 11 is 0. The minimum absolute atomic E-state index is 0.0788. The smallest absolute Gasteiger partial charge is 0.290 e. The molecule has 5 nitrogen and oxygen atoms in total. The molecule has 1 aromatic carbocycles. The van der Waals surface area contributed by atoms with Gasteiger partial charge >= 0.3 is 0 Å². The number of rotatable bonds is 3. The first kappa shape index (κ1) is 15.7. The topological polar surface area (TPSA) is 67.6 Å². The first-order valence-electron chi connectivity index (χ1n) is 8.55. The van der Waals surface area contributed by atoms with Crippen LogP contribution in [0.25, 0.3) is 11.0 Å². The number of nitrogens with zero attached hydrogens (tertiary/aromatic N) is 1. The Morgan fingerprint density at radius 1 is 1.08 bits per heavy atom. The van der Waals surface area contributed by atoms with Crippen LogP contribution >= 0.6 is 0 Å². The van der Waals surface area contributed by atoms with Gasteiger partial charge in [-0.05, 0) is 31.4 Å². The first-order valence-corrected chi connectivity index (χ1v) is 10.4. The van der Waals surface area contributed by atoms with Crippen molar-refractivity contribution in [3.63, 3.8) is 0 Å². The van der Waals surface area contributed by atoms with Gasteiger partial charge in [-0.15, -0.1) is 0 Å². The molecule has 0 bridgehead atoms. The Kier molecular flexibility index (Phi) is 3.87. The molecule has 1 aromatic heterocycles. The number of fused-ring (bicyclic) bond motifs is 1. The molecule has 0 spiro atoms. The van der Waals surface area contributed by atoms with E-state index in [1.165, 1.54) is 0 Å². The predicted molar refractivity (Wildman–Crippen MR) is 91.7 cm³/mol. The normalized spacial score (nSPS) is 23.8. The Balaban J connectivity index is 1.68. The van der Waals surface area contributed by atoms with Crippen molar-refractivity contribution in [3.05, 3.63) is 36.1 Å². The Morgan fingerprint density at radius 3 is 2.50 bits per heavy atom. The number of hydrogen-bond acceptors (Lipinski definition) is 4. The number of amides is 1. The molecule has 0 radical (unpaired) electrons. The second-order valence-electron chi connectivity index (χ2n) is 6.86. The van der Waals surface area contributed by atoms with Crippen LogP contribution in [0, 0.1) is 0 Å². The zero-order chi connectivity index (χ0) is 16.7. The third-order valence-corrected chi connectivity index (χ3v) is 6.94. The molecular weight excluding hydrogens is 326 g/mol. The Bertz CT molecular complexity index is 831. The first-order chi connectivity index (χ1) is 11.5. The number of carbonyl (C=O) groups is 1. The average Bonchev–Trinajstić information content (AvgIpc) is 3.27. The van der Waals surface area contributed by atoms with Gasteiger partial charge in [0.15, 0.2) is 15.6 Å². The molecule has 2 fully saturated rings. The number of sulfone groups is 1. The average molecular weight is 347 g/mol. The largest absolute Gasteiger partial charge is 0.451 e. The van der Waals surface area contributed by atoms with Crippen LogP contribution in [0.3, 0.4) is 0 Å². The van der Waals surface area contributed by atoms with Gasteiger partial charge in [-0.2, -0.15) is 0 Å². The van der Waals surface area contributed by atoms with E-state index in [2.05, 4.69) is 0 Å². The lowest BCUT2D eigenvalue weighted by atomic mass is 10.1. The van der Waals surface area contributed by atoms with Gasteiger partial charge in [0.05, 0.1) is 11.5 Å². The molecule has 1 aliphatic heterocycles. The molecule has 0 N–H and O–H groups in total. The summed E-state index contributed by atoms with van der Waals surface area (Å²) in [5.41, 5.74) is 0.686. The number of carbonyl (C=O) groups excluding carboxylic acids is 1. The lowest BCUT2D eigenvalue weighted by molar-refractivity contribution is 0.0571. The number of benzene rings is 1. The quantitative estimate of drug-likeness (QED) is 0.856. The summed E-state index contributed by atoms with van der Waals surface area (Å²) in [7, 11) is -3.03. The van der Waals surface area contributed by atoms with Crippen LogP contribution in [-0.2, 0) is 9.84 Å². The molecule has 2 aromatic rings. The van der Waals surface area contributed by atoms with Crippen molar-refractivity contribution in [2.24, 2.45) is 0 Å². The highest BCUT2D eigenvalue weighted by Gasteiger charge is 2.40. The van der Waals surface area contributed by atoms with Crippen LogP contribution in [-0.4, -0.2) is 42.8 Å². The van der Waals surface area contributed by atoms with Crippen LogP contribution in [0.4, 0.5) is 0 Å². The van der Waals surface area contributed by atoms with E-state index in [0.717, 1.165) is 31.1 Å². The molecule has 1 saturated carbocycles. The van der Waals surface area contributed by atoms with Crippen LogP contribution in [0.2, 0.25) is 0 Å². The predicted octanol–water partition coefficient (Wildman–Crippen LogP) is 3.00. The molecule has 1 saturated heterocycles. The molecule has 1 atom stereocenters. The molecule has 1 aliphatic carbocycles. The SMILES string of the molecule is O=C(c1cc2ccccc2o1)N(C1CCCC1)[C@H]1CCS(=O)(=O)C1. The van der Waals surface area contributed by atoms with E-state index in [4.69, 9.17) is 4.42 Å². The minimum Gasteiger partial charge on any atom is -0.451 e. The van der Waals surface area contributed by atoms with Crippen LogP contribution in [0.15, 0.2) is 34.7 Å². The second-order valence-corrected chi connectivity index (χ2v) is 9.08. The highest BCUT2D eigenvalue weighted by Crippen LogP contribution is 2.31. The van der Waals surface area contributed by atoms with Gasteiger partial charge in [0.2, 0.25) is 0 Å². The molecule has 128 valence electrons. The van der Waals surface area contributed by atoms with Crippen LogP contribution in [0.5, 0.6) is 0 Å². The molecule has 2 aliphatic rings. The summed E-state index contributed by atoms with van der Waals surface area (Å²) in [5, 5.41) is 0.895. The van der Waals surface area contributed by atoms with Crippen molar-refractivity contribution in [1.82, 2.24) is 4.90 Å². The zero-order valence-corrected chi connectivity index (χ0v) is 14.3. The van der Waals surface area contributed by atoms with E-state index in [-0.39, 0.29) is 29.5 Å². The summed E-state index contributed by atoms with van der Waals surface area (Å²) in [6.45, 7) is 0. The van der Waals surface area contributed by atoms with Crippen molar-refractivity contribution in [1.29, 1.82) is 0 Å². The van der Waals surface area contributed by atoms with E-state index in [1.54, 1.807) is 6.07 Å². The Morgan fingerprint density at radius 2 is 1.83 bits per heavy atom. The van der Waals surface area contributed by atoms with Crippen LogP contribution < -0.4 is 0 Å². The van der Waals surface area contributed by atoms with Gasteiger partial charge in [-0.3, -0.25) is 4.79 Å². The van der Waals surface area contributed by atoms with Gasteiger partial charge in [-0.25, -0.2) is 8.42 Å². The summed E-state index contributed by atoms with van der Waals surface area (Å²) in [6, 6.07) is 9.20. The van der Waals surface area contributed by atoms with Crippen molar-refractivity contribution >= 4 is 26.7 Å². The Hall–Kier alpha value is -1.82. The number of hydrogen-bond donors (Lipinski definition) is 0. The third kappa shape index (κ3) is 2.83. The van der Waals surface area contributed by atoms with Crippen molar-refractivity contribution in [2.75, 3.05) is 11.5 Å². The second kappa shape index (κ2) is 5.92. The lowest BCUT2D eigenvalue weighted by Crippen LogP contribution is -2.46. The molecule has 6 heteroatoms. The fourth-order valence-corrected chi connectivity index (χ4v) is 5.73. The maximum atomic E-state index is 13.1. The maximum Gasteiger partial charge on any atom is 0.290 e. The van der Waals surface area contributed by atoms with Gasteiger partial charge in [-0.1, -0.05) is 31.0 Å². The summed E-state index contributed by atoms with van der Waals surface area (Å²) in [4.78, 5) is 15.0. The summed E-state index contributed by atoms with van der Waals surface area (Å²) < 4.78 is 29.5. The van der Waals surface area contributed by atoms with Crippen molar-refractivity contribution < 1.29 is 17.6 Å². The van der Waals surface area contributed by atoms with E-state index < -0.39 is 9.84 Å². The molecular formula is C18H21NO4S. The van der Waals surface area contributed by atoms with E-state index in [9.17, 15) is 13.2 Å². The van der Waals surface area contributed by atoms with Gasteiger partial charge in [0.25, 0.3) is 5.91 Å². The number of furan rings is 1. The minimum atomic E-state index is -3.03. The van der Waals surface area contributed by atoms with Gasteiger partial charge in [0.1, 0.15) is 5.58 Å². The van der Waals surface area contributed by atoms with E-state index in [1.807, 2.05) is 29.2 Å². The number of para-hydroxylation sites is 1. The van der Waals surface area contributed by atoms with E-state index >= 15 is 0 Å². The fraction of sp³-hybridized carbons (Fsp3) is 0.500. The molecule has 4 rings (SSSR count). The maximum absolute atomic E-state index is 13.1. The summed E-state index contributed by atoms with van der Waals surface area (Å²) in [6.07, 6.45) is 4.61. The highest BCUT2D eigenvalue weighted by atomic mass is 32.2. The highest BCUT2D eigenvalue weighted by molar-refractivity contribution is 7.91. The zero-order valence-electron chi connectivity index (χ0n) is 13.5. The monoisotopic (exact) mass is 347 g/mol.